The molecule has 0 saturated heterocycles. The lowest BCUT2D eigenvalue weighted by molar-refractivity contribution is 0.0728. The van der Waals surface area contributed by atoms with Gasteiger partial charge in [0.25, 0.3) is 0 Å². The fourth-order valence-electron chi connectivity index (χ4n) is 4.58. The Hall–Kier alpha value is -3.39. The van der Waals surface area contributed by atoms with Gasteiger partial charge in [-0.3, -0.25) is 0 Å². The zero-order valence-corrected chi connectivity index (χ0v) is 19.7. The Morgan fingerprint density at radius 2 is 1.56 bits per heavy atom. The summed E-state index contributed by atoms with van der Waals surface area (Å²) in [7, 11) is 0. The number of ether oxygens (including phenoxy) is 2. The zero-order valence-electron chi connectivity index (χ0n) is 19.7. The summed E-state index contributed by atoms with van der Waals surface area (Å²) >= 11 is 0. The third kappa shape index (κ3) is 5.23. The minimum Gasteiger partial charge on any atom is -0.491 e. The minimum absolute atomic E-state index is 0.0237. The first kappa shape index (κ1) is 25.7. The topological polar surface area (TPSA) is 55.8 Å². The van der Waals surface area contributed by atoms with Crippen LogP contribution >= 0.6 is 0 Å². The van der Waals surface area contributed by atoms with Gasteiger partial charge < -0.3 is 14.6 Å². The van der Waals surface area contributed by atoms with Crippen LogP contribution in [0.4, 0.5) is 17.6 Å². The van der Waals surface area contributed by atoms with Crippen LogP contribution in [0.5, 0.6) is 11.5 Å². The number of carbonyl (C=O) groups is 1. The van der Waals surface area contributed by atoms with Gasteiger partial charge in [-0.15, -0.1) is 0 Å². The molecule has 4 nitrogen and oxygen atoms in total. The number of esters is 1. The Kier molecular flexibility index (Phi) is 7.94. The van der Waals surface area contributed by atoms with Crippen molar-refractivity contribution >= 4 is 5.97 Å². The molecule has 0 unspecified atom stereocenters. The number of rotatable bonds is 7. The first-order chi connectivity index (χ1) is 17.3. The van der Waals surface area contributed by atoms with Gasteiger partial charge in [0, 0.05) is 12.2 Å². The molecular weight excluding hydrogens is 476 g/mol. The maximum absolute atomic E-state index is 15.0. The number of aliphatic hydroxyl groups is 1. The summed E-state index contributed by atoms with van der Waals surface area (Å²) in [6.07, 6.45) is 2.94. The van der Waals surface area contributed by atoms with Crippen LogP contribution in [0.1, 0.15) is 54.4 Å². The molecule has 0 radical (unpaired) electrons. The summed E-state index contributed by atoms with van der Waals surface area (Å²) in [5.74, 6) is -5.80. The predicted octanol–water partition coefficient (Wildman–Crippen LogP) is 6.79. The van der Waals surface area contributed by atoms with E-state index >= 15 is 0 Å². The second kappa shape index (κ2) is 11.1. The van der Waals surface area contributed by atoms with E-state index in [9.17, 15) is 27.5 Å². The van der Waals surface area contributed by atoms with Gasteiger partial charge in [-0.1, -0.05) is 24.3 Å². The first-order valence-electron chi connectivity index (χ1n) is 11.9. The van der Waals surface area contributed by atoms with Crippen LogP contribution in [0.3, 0.4) is 0 Å². The van der Waals surface area contributed by atoms with E-state index in [1.807, 2.05) is 0 Å². The highest BCUT2D eigenvalue weighted by Gasteiger charge is 2.26. The average molecular weight is 503 g/mol. The highest BCUT2D eigenvalue weighted by molar-refractivity contribution is 5.91. The number of benzene rings is 3. The molecule has 0 aromatic heterocycles. The summed E-state index contributed by atoms with van der Waals surface area (Å²) in [5, 5.41) is 9.29. The molecule has 190 valence electrons. The van der Waals surface area contributed by atoms with Crippen molar-refractivity contribution in [1.29, 1.82) is 0 Å². The molecule has 1 saturated carbocycles. The molecule has 36 heavy (non-hydrogen) atoms. The van der Waals surface area contributed by atoms with E-state index in [2.05, 4.69) is 0 Å². The molecule has 8 heteroatoms. The van der Waals surface area contributed by atoms with Gasteiger partial charge in [0.1, 0.15) is 5.75 Å². The third-order valence-electron chi connectivity index (χ3n) is 6.60. The molecular formula is C28H26F4O4. The van der Waals surface area contributed by atoms with Gasteiger partial charge in [-0.2, -0.15) is 4.39 Å². The lowest BCUT2D eigenvalue weighted by atomic mass is 9.78. The van der Waals surface area contributed by atoms with Crippen LogP contribution in [-0.2, 0) is 0 Å². The number of halogens is 4. The number of aliphatic hydroxyl groups excluding tert-OH is 1. The highest BCUT2D eigenvalue weighted by Crippen LogP contribution is 2.39. The normalized spacial score (nSPS) is 17.6. The van der Waals surface area contributed by atoms with Gasteiger partial charge in [0.2, 0.25) is 5.82 Å². The quantitative estimate of drug-likeness (QED) is 0.220. The van der Waals surface area contributed by atoms with Crippen molar-refractivity contribution in [3.63, 3.8) is 0 Å². The van der Waals surface area contributed by atoms with Crippen molar-refractivity contribution in [2.75, 3.05) is 13.2 Å². The highest BCUT2D eigenvalue weighted by atomic mass is 19.2. The maximum Gasteiger partial charge on any atom is 0.346 e. The van der Waals surface area contributed by atoms with E-state index < -0.39 is 34.8 Å². The SMILES string of the molecule is CCOc1ccc(C(=O)Oc2ccc(-c3ccc(C4CCC(CO)CC4)c(F)c3F)cc2)c(F)c1F. The summed E-state index contributed by atoms with van der Waals surface area (Å²) in [4.78, 5) is 12.3. The lowest BCUT2D eigenvalue weighted by Gasteiger charge is -2.28. The molecule has 0 spiro atoms. The van der Waals surface area contributed by atoms with Crippen LogP contribution in [0.25, 0.3) is 11.1 Å². The van der Waals surface area contributed by atoms with Crippen LogP contribution in [-0.4, -0.2) is 24.3 Å². The second-order valence-corrected chi connectivity index (χ2v) is 8.82. The minimum atomic E-state index is -1.38. The van der Waals surface area contributed by atoms with Crippen molar-refractivity contribution in [2.45, 2.75) is 38.5 Å². The molecule has 0 heterocycles. The smallest absolute Gasteiger partial charge is 0.346 e. The van der Waals surface area contributed by atoms with Crippen molar-refractivity contribution < 1.29 is 36.9 Å². The van der Waals surface area contributed by atoms with Gasteiger partial charge in [-0.25, -0.2) is 18.0 Å². The van der Waals surface area contributed by atoms with Crippen molar-refractivity contribution in [2.24, 2.45) is 5.92 Å². The van der Waals surface area contributed by atoms with Gasteiger partial charge in [0.15, 0.2) is 23.2 Å². The monoisotopic (exact) mass is 502 g/mol. The van der Waals surface area contributed by atoms with Crippen molar-refractivity contribution in [3.05, 3.63) is 82.9 Å². The van der Waals surface area contributed by atoms with Gasteiger partial charge in [-0.05, 0) is 79.8 Å². The van der Waals surface area contributed by atoms with Crippen LogP contribution in [0.2, 0.25) is 0 Å². The Morgan fingerprint density at radius 3 is 2.19 bits per heavy atom. The van der Waals surface area contributed by atoms with Crippen LogP contribution < -0.4 is 9.47 Å². The van der Waals surface area contributed by atoms with Crippen LogP contribution in [0, 0.1) is 29.2 Å². The molecule has 0 atom stereocenters. The molecule has 4 rings (SSSR count). The summed E-state index contributed by atoms with van der Waals surface area (Å²) in [6.45, 7) is 1.85. The fourth-order valence-corrected chi connectivity index (χ4v) is 4.58. The van der Waals surface area contributed by atoms with E-state index in [1.54, 1.807) is 13.0 Å². The number of carbonyl (C=O) groups excluding carboxylic acids is 1. The Morgan fingerprint density at radius 1 is 0.861 bits per heavy atom. The lowest BCUT2D eigenvalue weighted by Crippen LogP contribution is -2.17. The zero-order chi connectivity index (χ0) is 25.8. The Balaban J connectivity index is 1.48. The molecule has 0 aliphatic heterocycles. The number of hydrogen-bond donors (Lipinski definition) is 1. The standard InChI is InChI=1S/C28H26F4O4/c1-2-35-23-14-13-22(26(31)27(23)32)28(34)36-19-9-7-18(8-10-19)21-12-11-20(24(29)25(21)30)17-5-3-16(15-33)4-6-17/h7-14,16-17,33H,2-6,15H2,1H3. The van der Waals surface area contributed by atoms with Crippen LogP contribution in [0.15, 0.2) is 48.5 Å². The molecule has 0 amide bonds. The Bertz CT molecular complexity index is 1240. The fraction of sp³-hybridized carbons (Fsp3) is 0.321. The van der Waals surface area contributed by atoms with Gasteiger partial charge in [0.05, 0.1) is 12.2 Å². The summed E-state index contributed by atoms with van der Waals surface area (Å²) in [5.41, 5.74) is 0.150. The molecule has 0 bridgehead atoms. The summed E-state index contributed by atoms with van der Waals surface area (Å²) < 4.78 is 68.3. The molecule has 1 aliphatic rings. The third-order valence-corrected chi connectivity index (χ3v) is 6.60. The van der Waals surface area contributed by atoms with Gasteiger partial charge >= 0.3 is 5.97 Å². The maximum atomic E-state index is 15.0. The predicted molar refractivity (Wildman–Crippen MR) is 126 cm³/mol. The first-order valence-corrected chi connectivity index (χ1v) is 11.9. The molecule has 1 fully saturated rings. The van der Waals surface area contributed by atoms with E-state index in [4.69, 9.17) is 9.47 Å². The number of hydrogen-bond acceptors (Lipinski definition) is 4. The van der Waals surface area contributed by atoms with E-state index in [0.717, 1.165) is 25.0 Å². The van der Waals surface area contributed by atoms with E-state index in [-0.39, 0.29) is 42.1 Å². The van der Waals surface area contributed by atoms with Crippen molar-refractivity contribution in [3.8, 4) is 22.6 Å². The largest absolute Gasteiger partial charge is 0.491 e. The molecule has 3 aromatic carbocycles. The second-order valence-electron chi connectivity index (χ2n) is 8.82. The molecule has 1 aliphatic carbocycles. The summed E-state index contributed by atoms with van der Waals surface area (Å²) in [6, 6.07) is 10.9. The average Bonchev–Trinajstić information content (AvgIpc) is 2.89. The molecule has 3 aromatic rings. The van der Waals surface area contributed by atoms with E-state index in [1.165, 1.54) is 30.3 Å². The molecule has 1 N–H and O–H groups in total. The van der Waals surface area contributed by atoms with Crippen molar-refractivity contribution in [1.82, 2.24) is 0 Å². The Labute approximate surface area is 206 Å². The van der Waals surface area contributed by atoms with E-state index in [0.29, 0.717) is 24.0 Å².